The summed E-state index contributed by atoms with van der Waals surface area (Å²) in [5.74, 6) is 0.651. The first kappa shape index (κ1) is 18.2. The summed E-state index contributed by atoms with van der Waals surface area (Å²) in [5.41, 5.74) is 3.15. The van der Waals surface area contributed by atoms with Crippen molar-refractivity contribution < 1.29 is 9.59 Å². The maximum Gasteiger partial charge on any atom is 0.256 e. The van der Waals surface area contributed by atoms with Crippen LogP contribution in [0.1, 0.15) is 47.0 Å². The van der Waals surface area contributed by atoms with Gasteiger partial charge in [0.25, 0.3) is 5.91 Å². The number of aromatic nitrogens is 1. The van der Waals surface area contributed by atoms with Crippen molar-refractivity contribution in [3.63, 3.8) is 0 Å². The Hall–Kier alpha value is -3.15. The molecular formula is C22H24N4O2. The van der Waals surface area contributed by atoms with Crippen LogP contribution in [-0.2, 0) is 4.79 Å². The minimum absolute atomic E-state index is 0.0410. The zero-order chi connectivity index (χ0) is 19.7. The van der Waals surface area contributed by atoms with E-state index < -0.39 is 0 Å². The predicted octanol–water partition coefficient (Wildman–Crippen LogP) is 3.56. The molecule has 0 spiro atoms. The summed E-state index contributed by atoms with van der Waals surface area (Å²) in [4.78, 5) is 31.4. The summed E-state index contributed by atoms with van der Waals surface area (Å²) in [6.07, 6.45) is 6.55. The highest BCUT2D eigenvalue weighted by Crippen LogP contribution is 2.31. The van der Waals surface area contributed by atoms with Gasteiger partial charge in [0, 0.05) is 24.3 Å². The second kappa shape index (κ2) is 7.46. The highest BCUT2D eigenvalue weighted by Gasteiger charge is 2.30. The van der Waals surface area contributed by atoms with Gasteiger partial charge in [0.1, 0.15) is 12.0 Å². The van der Waals surface area contributed by atoms with Crippen molar-refractivity contribution in [3.8, 4) is 0 Å². The molecule has 28 heavy (non-hydrogen) atoms. The predicted molar refractivity (Wildman–Crippen MR) is 109 cm³/mol. The lowest BCUT2D eigenvalue weighted by atomic mass is 9.93. The molecular weight excluding hydrogens is 352 g/mol. The average molecular weight is 376 g/mol. The van der Waals surface area contributed by atoms with E-state index in [4.69, 9.17) is 0 Å². The molecule has 0 saturated heterocycles. The molecule has 2 heterocycles. The summed E-state index contributed by atoms with van der Waals surface area (Å²) in [5, 5.41) is 6.02. The van der Waals surface area contributed by atoms with E-state index in [2.05, 4.69) is 27.8 Å². The van der Waals surface area contributed by atoms with Crippen molar-refractivity contribution in [2.45, 2.75) is 32.4 Å². The fourth-order valence-electron chi connectivity index (χ4n) is 3.74. The van der Waals surface area contributed by atoms with Crippen molar-refractivity contribution in [1.82, 2.24) is 10.3 Å². The number of nitrogens with zero attached hydrogens (tertiary/aromatic N) is 2. The molecule has 1 aromatic carbocycles. The molecule has 0 saturated carbocycles. The fourth-order valence-corrected chi connectivity index (χ4v) is 3.74. The number of benzene rings is 1. The van der Waals surface area contributed by atoms with Gasteiger partial charge < -0.3 is 15.5 Å². The summed E-state index contributed by atoms with van der Waals surface area (Å²) in [6, 6.07) is 11.3. The Morgan fingerprint density at radius 1 is 1.18 bits per heavy atom. The van der Waals surface area contributed by atoms with E-state index in [1.165, 1.54) is 0 Å². The van der Waals surface area contributed by atoms with Crippen molar-refractivity contribution in [3.05, 3.63) is 65.4 Å². The highest BCUT2D eigenvalue weighted by atomic mass is 16.2. The van der Waals surface area contributed by atoms with Crippen LogP contribution in [0.2, 0.25) is 0 Å². The molecule has 1 aromatic heterocycles. The largest absolute Gasteiger partial charge is 0.335 e. The quantitative estimate of drug-likeness (QED) is 0.803. The Bertz CT molecular complexity index is 936. The van der Waals surface area contributed by atoms with Crippen LogP contribution in [0.3, 0.4) is 0 Å². The first-order chi connectivity index (χ1) is 13.5. The summed E-state index contributed by atoms with van der Waals surface area (Å²) < 4.78 is 0. The zero-order valence-electron chi connectivity index (χ0n) is 16.1. The molecule has 0 radical (unpaired) electrons. The van der Waals surface area contributed by atoms with Crippen LogP contribution >= 0.6 is 0 Å². The van der Waals surface area contributed by atoms with Crippen LogP contribution in [-0.4, -0.2) is 23.8 Å². The number of amides is 2. The van der Waals surface area contributed by atoms with Gasteiger partial charge >= 0.3 is 0 Å². The van der Waals surface area contributed by atoms with E-state index in [9.17, 15) is 9.59 Å². The van der Waals surface area contributed by atoms with Gasteiger partial charge in [-0.15, -0.1) is 0 Å². The van der Waals surface area contributed by atoms with Crippen molar-refractivity contribution in [2.75, 3.05) is 17.3 Å². The van der Waals surface area contributed by atoms with Gasteiger partial charge in [-0.3, -0.25) is 9.59 Å². The van der Waals surface area contributed by atoms with Crippen LogP contribution in [0.25, 0.3) is 0 Å². The molecule has 1 aliphatic carbocycles. The van der Waals surface area contributed by atoms with Crippen LogP contribution in [0, 0.1) is 12.8 Å². The van der Waals surface area contributed by atoms with E-state index in [1.54, 1.807) is 6.07 Å². The van der Waals surface area contributed by atoms with E-state index in [0.29, 0.717) is 11.4 Å². The van der Waals surface area contributed by atoms with E-state index >= 15 is 0 Å². The molecule has 2 aromatic rings. The molecule has 2 unspecified atom stereocenters. The lowest BCUT2D eigenvalue weighted by Gasteiger charge is -2.35. The number of allylic oxidation sites excluding steroid dienone is 2. The van der Waals surface area contributed by atoms with E-state index in [-0.39, 0.29) is 23.9 Å². The van der Waals surface area contributed by atoms with Crippen molar-refractivity contribution in [1.29, 1.82) is 0 Å². The number of fused-ring (bicyclic) bond motifs is 1. The third kappa shape index (κ3) is 3.50. The molecule has 2 atom stereocenters. The van der Waals surface area contributed by atoms with Gasteiger partial charge in [-0.05, 0) is 56.0 Å². The number of carbonyl (C=O) groups is 2. The lowest BCUT2D eigenvalue weighted by molar-refractivity contribution is -0.120. The van der Waals surface area contributed by atoms with Crippen LogP contribution in [0.4, 0.5) is 11.5 Å². The minimum Gasteiger partial charge on any atom is -0.335 e. The summed E-state index contributed by atoms with van der Waals surface area (Å²) >= 11 is 0. The second-order valence-corrected chi connectivity index (χ2v) is 7.40. The second-order valence-electron chi connectivity index (χ2n) is 7.40. The number of hydrogen-bond acceptors (Lipinski definition) is 4. The van der Waals surface area contributed by atoms with Crippen LogP contribution < -0.4 is 15.5 Å². The molecule has 6 nitrogen and oxygen atoms in total. The van der Waals surface area contributed by atoms with Crippen molar-refractivity contribution in [2.24, 2.45) is 5.92 Å². The number of rotatable bonds is 3. The Kier molecular flexibility index (Phi) is 4.86. The minimum atomic E-state index is -0.303. The highest BCUT2D eigenvalue weighted by molar-refractivity contribution is 6.01. The third-order valence-corrected chi connectivity index (χ3v) is 5.38. The molecule has 1 aliphatic heterocycles. The van der Waals surface area contributed by atoms with Gasteiger partial charge in [0.15, 0.2) is 0 Å². The molecule has 4 rings (SSSR count). The van der Waals surface area contributed by atoms with Crippen molar-refractivity contribution >= 4 is 23.3 Å². The maximum absolute atomic E-state index is 12.5. The molecule has 0 bridgehead atoms. The number of aryl methyl sites for hydroxylation is 1. The monoisotopic (exact) mass is 376 g/mol. The first-order valence-corrected chi connectivity index (χ1v) is 9.60. The maximum atomic E-state index is 12.5. The normalized spacial score (nSPS) is 21.1. The number of carbonyl (C=O) groups excluding carboxylic acids is 2. The van der Waals surface area contributed by atoms with Gasteiger partial charge in [-0.25, -0.2) is 4.98 Å². The molecule has 2 N–H and O–H groups in total. The van der Waals surface area contributed by atoms with E-state index in [0.717, 1.165) is 36.2 Å². The number of hydrogen-bond donors (Lipinski definition) is 2. The number of anilines is 2. The van der Waals surface area contributed by atoms with Crippen LogP contribution in [0.5, 0.6) is 0 Å². The molecule has 144 valence electrons. The molecule has 2 amide bonds. The standard InChI is InChI=1S/C22H24N4O2/c1-14-8-13-18-20(23-14)26(2)19(25-22(18)28)15-9-11-17(12-10-15)24-21(27)16-6-4-3-5-7-16/h3-4,8-13,16,19H,5-7H2,1-2H3,(H,24,27)(H,25,28). The Morgan fingerprint density at radius 2 is 1.96 bits per heavy atom. The molecule has 2 aliphatic rings. The molecule has 6 heteroatoms. The van der Waals surface area contributed by atoms with Gasteiger partial charge in [0.05, 0.1) is 5.56 Å². The summed E-state index contributed by atoms with van der Waals surface area (Å²) in [7, 11) is 1.92. The Labute approximate surface area is 164 Å². The van der Waals surface area contributed by atoms with E-state index in [1.807, 2.05) is 49.2 Å². The van der Waals surface area contributed by atoms with Crippen LogP contribution in [0.15, 0.2) is 48.6 Å². The van der Waals surface area contributed by atoms with Gasteiger partial charge in [-0.2, -0.15) is 0 Å². The van der Waals surface area contributed by atoms with Gasteiger partial charge in [0.2, 0.25) is 5.91 Å². The first-order valence-electron chi connectivity index (χ1n) is 9.60. The summed E-state index contributed by atoms with van der Waals surface area (Å²) in [6.45, 7) is 1.91. The SMILES string of the molecule is Cc1ccc2c(n1)N(C)C(c1ccc(NC(=O)C3CC=CCC3)cc1)NC2=O. The average Bonchev–Trinajstić information content (AvgIpc) is 2.72. The lowest BCUT2D eigenvalue weighted by Crippen LogP contribution is -2.45. The molecule has 0 fully saturated rings. The van der Waals surface area contributed by atoms with Gasteiger partial charge in [-0.1, -0.05) is 24.3 Å². The smallest absolute Gasteiger partial charge is 0.256 e. The number of nitrogens with one attached hydrogen (secondary N) is 2. The zero-order valence-corrected chi connectivity index (χ0v) is 16.1. The topological polar surface area (TPSA) is 74.3 Å². The Morgan fingerprint density at radius 3 is 2.68 bits per heavy atom. The number of pyridine rings is 1. The fraction of sp³-hybridized carbons (Fsp3) is 0.318. The third-order valence-electron chi connectivity index (χ3n) is 5.38. The Balaban J connectivity index is 1.50.